The Morgan fingerprint density at radius 2 is 1.64 bits per heavy atom. The summed E-state index contributed by atoms with van der Waals surface area (Å²) in [6, 6.07) is 10.6. The number of nitrogens with zero attached hydrogens (tertiary/aromatic N) is 1. The van der Waals surface area contributed by atoms with Gasteiger partial charge in [0.05, 0.1) is 45.5 Å². The highest BCUT2D eigenvalue weighted by Crippen LogP contribution is 2.46. The first-order chi connectivity index (χ1) is 15.9. The van der Waals surface area contributed by atoms with Crippen molar-refractivity contribution in [1.29, 1.82) is 0 Å². The fourth-order valence-corrected chi connectivity index (χ4v) is 4.18. The molecule has 9 nitrogen and oxygen atoms in total. The molecule has 1 amide bonds. The van der Waals surface area contributed by atoms with E-state index in [2.05, 4.69) is 5.32 Å². The number of ether oxygens (including phenoxy) is 4. The SMILES string of the molecule is COc1ccc(-n2cc(C(=O)O)c3c2C(c2cc(OC)ccc2OC)CC(=O)N3)c(OC)c1. The van der Waals surface area contributed by atoms with Crippen molar-refractivity contribution < 1.29 is 33.6 Å². The highest BCUT2D eigenvalue weighted by atomic mass is 16.5. The lowest BCUT2D eigenvalue weighted by atomic mass is 9.87. The molecule has 0 saturated carbocycles. The van der Waals surface area contributed by atoms with Gasteiger partial charge < -0.3 is 33.9 Å². The zero-order chi connectivity index (χ0) is 23.7. The summed E-state index contributed by atoms with van der Waals surface area (Å²) in [7, 11) is 6.17. The zero-order valence-corrected chi connectivity index (χ0v) is 18.7. The number of carbonyl (C=O) groups excluding carboxylic acids is 1. The van der Waals surface area contributed by atoms with Crippen LogP contribution < -0.4 is 24.3 Å². The number of hydrogen-bond donors (Lipinski definition) is 2. The third-order valence-electron chi connectivity index (χ3n) is 5.72. The van der Waals surface area contributed by atoms with Gasteiger partial charge in [0.15, 0.2) is 0 Å². The van der Waals surface area contributed by atoms with Crippen molar-refractivity contribution in [2.24, 2.45) is 0 Å². The lowest BCUT2D eigenvalue weighted by Crippen LogP contribution is -2.26. The molecule has 1 aromatic heterocycles. The topological polar surface area (TPSA) is 108 Å². The number of benzene rings is 2. The fraction of sp³-hybridized carbons (Fsp3) is 0.250. The van der Waals surface area contributed by atoms with Gasteiger partial charge in [0, 0.05) is 30.2 Å². The molecule has 33 heavy (non-hydrogen) atoms. The molecule has 0 aliphatic carbocycles. The first-order valence-electron chi connectivity index (χ1n) is 10.1. The molecule has 0 saturated heterocycles. The molecule has 1 atom stereocenters. The Balaban J connectivity index is 2.02. The number of hydrogen-bond acceptors (Lipinski definition) is 6. The Morgan fingerprint density at radius 1 is 0.970 bits per heavy atom. The second kappa shape index (κ2) is 8.78. The molecule has 1 aliphatic rings. The van der Waals surface area contributed by atoms with Gasteiger partial charge in [-0.2, -0.15) is 0 Å². The summed E-state index contributed by atoms with van der Waals surface area (Å²) in [4.78, 5) is 24.7. The summed E-state index contributed by atoms with van der Waals surface area (Å²) in [6.45, 7) is 0. The van der Waals surface area contributed by atoms with Crippen LogP contribution in [0.2, 0.25) is 0 Å². The van der Waals surface area contributed by atoms with E-state index in [4.69, 9.17) is 18.9 Å². The molecule has 0 radical (unpaired) electrons. The maximum Gasteiger partial charge on any atom is 0.339 e. The average molecular weight is 452 g/mol. The number of amides is 1. The van der Waals surface area contributed by atoms with Gasteiger partial charge in [-0.25, -0.2) is 4.79 Å². The Morgan fingerprint density at radius 3 is 2.27 bits per heavy atom. The number of carbonyl (C=O) groups is 2. The van der Waals surface area contributed by atoms with Crippen LogP contribution in [-0.4, -0.2) is 50.0 Å². The van der Waals surface area contributed by atoms with E-state index in [0.29, 0.717) is 39.9 Å². The number of rotatable bonds is 7. The van der Waals surface area contributed by atoms with E-state index in [1.807, 2.05) is 0 Å². The molecule has 3 aromatic rings. The van der Waals surface area contributed by atoms with E-state index in [-0.39, 0.29) is 23.6 Å². The van der Waals surface area contributed by atoms with Crippen LogP contribution in [0, 0.1) is 0 Å². The molecule has 0 spiro atoms. The first kappa shape index (κ1) is 22.1. The third-order valence-corrected chi connectivity index (χ3v) is 5.72. The monoisotopic (exact) mass is 452 g/mol. The summed E-state index contributed by atoms with van der Waals surface area (Å²) in [5, 5.41) is 12.6. The van der Waals surface area contributed by atoms with E-state index in [9.17, 15) is 14.7 Å². The summed E-state index contributed by atoms with van der Waals surface area (Å²) < 4.78 is 23.6. The summed E-state index contributed by atoms with van der Waals surface area (Å²) in [5.41, 5.74) is 2.12. The maximum absolute atomic E-state index is 12.7. The molecule has 4 rings (SSSR count). The molecule has 2 N–H and O–H groups in total. The van der Waals surface area contributed by atoms with Gasteiger partial charge in [0.25, 0.3) is 0 Å². The Bertz CT molecular complexity index is 1230. The normalized spacial score (nSPS) is 14.8. The predicted molar refractivity (Wildman–Crippen MR) is 120 cm³/mol. The van der Waals surface area contributed by atoms with E-state index < -0.39 is 11.9 Å². The summed E-state index contributed by atoms with van der Waals surface area (Å²) in [5.74, 6) is 0.283. The van der Waals surface area contributed by atoms with Gasteiger partial charge >= 0.3 is 5.97 Å². The second-order valence-corrected chi connectivity index (χ2v) is 7.43. The lowest BCUT2D eigenvalue weighted by Gasteiger charge is -2.28. The standard InChI is InChI=1S/C24H24N2O7/c1-30-13-6-8-19(32-3)15(9-13)16-11-21(27)25-22-17(24(28)29)12-26(23(16)22)18-7-5-14(31-2)10-20(18)33-4/h5-10,12,16H,11H2,1-4H3,(H,25,27)(H,28,29). The Kier molecular flexibility index (Phi) is 5.87. The smallest absolute Gasteiger partial charge is 0.339 e. The molecule has 2 aromatic carbocycles. The lowest BCUT2D eigenvalue weighted by molar-refractivity contribution is -0.116. The van der Waals surface area contributed by atoms with Gasteiger partial charge in [-0.3, -0.25) is 4.79 Å². The molecular formula is C24H24N2O7. The van der Waals surface area contributed by atoms with Gasteiger partial charge in [0.2, 0.25) is 5.91 Å². The van der Waals surface area contributed by atoms with E-state index in [1.165, 1.54) is 13.3 Å². The van der Waals surface area contributed by atoms with Gasteiger partial charge in [0.1, 0.15) is 28.6 Å². The maximum atomic E-state index is 12.7. The van der Waals surface area contributed by atoms with Crippen LogP contribution in [0.3, 0.4) is 0 Å². The number of nitrogens with one attached hydrogen (secondary N) is 1. The van der Waals surface area contributed by atoms with Crippen LogP contribution in [0.5, 0.6) is 23.0 Å². The Labute approximate surface area is 190 Å². The van der Waals surface area contributed by atoms with Crippen molar-refractivity contribution in [3.05, 3.63) is 59.4 Å². The van der Waals surface area contributed by atoms with Crippen molar-refractivity contribution in [2.75, 3.05) is 33.8 Å². The minimum atomic E-state index is -1.16. The third kappa shape index (κ3) is 3.82. The van der Waals surface area contributed by atoms with E-state index in [0.717, 1.165) is 0 Å². The minimum Gasteiger partial charge on any atom is -0.497 e. The van der Waals surface area contributed by atoms with Crippen molar-refractivity contribution in [2.45, 2.75) is 12.3 Å². The number of aromatic nitrogens is 1. The van der Waals surface area contributed by atoms with Crippen LogP contribution in [0.4, 0.5) is 5.69 Å². The van der Waals surface area contributed by atoms with Crippen LogP contribution in [0.25, 0.3) is 5.69 Å². The molecular weight excluding hydrogens is 428 g/mol. The van der Waals surface area contributed by atoms with Crippen molar-refractivity contribution in [1.82, 2.24) is 4.57 Å². The Hall–Kier alpha value is -4.14. The highest BCUT2D eigenvalue weighted by Gasteiger charge is 2.36. The number of fused-ring (bicyclic) bond motifs is 1. The van der Waals surface area contributed by atoms with Crippen LogP contribution >= 0.6 is 0 Å². The van der Waals surface area contributed by atoms with E-state index >= 15 is 0 Å². The van der Waals surface area contributed by atoms with Crippen molar-refractivity contribution in [3.63, 3.8) is 0 Å². The molecule has 2 heterocycles. The zero-order valence-electron chi connectivity index (χ0n) is 18.7. The first-order valence-corrected chi connectivity index (χ1v) is 10.1. The van der Waals surface area contributed by atoms with Gasteiger partial charge in [-0.1, -0.05) is 0 Å². The minimum absolute atomic E-state index is 0.0252. The summed E-state index contributed by atoms with van der Waals surface area (Å²) >= 11 is 0. The fourth-order valence-electron chi connectivity index (χ4n) is 4.18. The number of carboxylic acid groups (broad SMARTS) is 1. The second-order valence-electron chi connectivity index (χ2n) is 7.43. The van der Waals surface area contributed by atoms with Crippen molar-refractivity contribution >= 4 is 17.6 Å². The number of methoxy groups -OCH3 is 4. The van der Waals surface area contributed by atoms with Gasteiger partial charge in [-0.05, 0) is 30.3 Å². The highest BCUT2D eigenvalue weighted by molar-refractivity contribution is 6.04. The van der Waals surface area contributed by atoms with E-state index in [1.54, 1.807) is 62.3 Å². The molecule has 0 fully saturated rings. The summed E-state index contributed by atoms with van der Waals surface area (Å²) in [6.07, 6.45) is 1.58. The number of carboxylic acids is 1. The van der Waals surface area contributed by atoms with Gasteiger partial charge in [-0.15, -0.1) is 0 Å². The number of anilines is 1. The molecule has 0 bridgehead atoms. The molecule has 9 heteroatoms. The molecule has 1 aliphatic heterocycles. The predicted octanol–water partition coefficient (Wildman–Crippen LogP) is 3.68. The molecule has 1 unspecified atom stereocenters. The average Bonchev–Trinajstić information content (AvgIpc) is 3.21. The van der Waals surface area contributed by atoms with Crippen LogP contribution in [0.15, 0.2) is 42.6 Å². The van der Waals surface area contributed by atoms with Crippen LogP contribution in [-0.2, 0) is 4.79 Å². The quantitative estimate of drug-likeness (QED) is 0.563. The molecule has 172 valence electrons. The van der Waals surface area contributed by atoms with Crippen LogP contribution in [0.1, 0.15) is 34.0 Å². The largest absolute Gasteiger partial charge is 0.497 e. The van der Waals surface area contributed by atoms with Crippen molar-refractivity contribution in [3.8, 4) is 28.7 Å². The number of aromatic carboxylic acids is 1.